The Bertz CT molecular complexity index is 1050. The van der Waals surface area contributed by atoms with Crippen LogP contribution in [0.15, 0.2) is 92.5 Å². The maximum absolute atomic E-state index is 8.82. The Labute approximate surface area is 227 Å². The molecule has 5 nitrogen and oxygen atoms in total. The van der Waals surface area contributed by atoms with E-state index in [0.29, 0.717) is 19.0 Å². The van der Waals surface area contributed by atoms with Gasteiger partial charge in [-0.2, -0.15) is 0 Å². The summed E-state index contributed by atoms with van der Waals surface area (Å²) in [7, 11) is 0. The van der Waals surface area contributed by atoms with E-state index in [1.165, 1.54) is 6.42 Å². The third kappa shape index (κ3) is 12.4. The first-order chi connectivity index (χ1) is 18.6. The van der Waals surface area contributed by atoms with Crippen LogP contribution in [0.25, 0.3) is 18.2 Å². The molecule has 1 heterocycles. The zero-order chi connectivity index (χ0) is 27.4. The third-order valence-electron chi connectivity index (χ3n) is 5.47. The van der Waals surface area contributed by atoms with Gasteiger partial charge in [0.15, 0.2) is 6.29 Å². The van der Waals surface area contributed by atoms with Crippen LogP contribution in [0.5, 0.6) is 17.2 Å². The Hall–Kier alpha value is -3.80. The summed E-state index contributed by atoms with van der Waals surface area (Å²) in [6, 6.07) is 22.6. The van der Waals surface area contributed by atoms with Crippen molar-refractivity contribution in [2.45, 2.75) is 32.5 Å². The second-order valence-corrected chi connectivity index (χ2v) is 8.30. The van der Waals surface area contributed by atoms with E-state index in [1.807, 2.05) is 79.7 Å². The van der Waals surface area contributed by atoms with E-state index >= 15 is 0 Å². The molecule has 1 saturated heterocycles. The summed E-state index contributed by atoms with van der Waals surface area (Å²) in [4.78, 5) is 0. The Balaban J connectivity index is 0.000000207. The lowest BCUT2D eigenvalue weighted by molar-refractivity contribution is -0.105. The molecular weight excluding hydrogens is 476 g/mol. The number of hydrogen-bond donors (Lipinski definition) is 1. The predicted molar refractivity (Wildman–Crippen MR) is 157 cm³/mol. The summed E-state index contributed by atoms with van der Waals surface area (Å²) in [6.45, 7) is 15.7. The lowest BCUT2D eigenvalue weighted by Crippen LogP contribution is -2.24. The second kappa shape index (κ2) is 18.4. The molecule has 0 aromatic heterocycles. The van der Waals surface area contributed by atoms with Gasteiger partial charge in [-0.25, -0.2) is 0 Å². The van der Waals surface area contributed by atoms with Crippen molar-refractivity contribution in [3.63, 3.8) is 0 Å². The Morgan fingerprint density at radius 2 is 1.29 bits per heavy atom. The highest BCUT2D eigenvalue weighted by molar-refractivity contribution is 5.49. The van der Waals surface area contributed by atoms with Gasteiger partial charge < -0.3 is 24.1 Å². The fourth-order valence-corrected chi connectivity index (χ4v) is 3.31. The van der Waals surface area contributed by atoms with Gasteiger partial charge in [-0.3, -0.25) is 0 Å². The lowest BCUT2D eigenvalue weighted by Gasteiger charge is -2.23. The van der Waals surface area contributed by atoms with Crippen molar-refractivity contribution in [3.8, 4) is 17.2 Å². The largest absolute Gasteiger partial charge is 0.508 e. The molecule has 0 bridgehead atoms. The van der Waals surface area contributed by atoms with Crippen molar-refractivity contribution >= 4 is 18.2 Å². The van der Waals surface area contributed by atoms with Gasteiger partial charge in [-0.15, -0.1) is 0 Å². The maximum Gasteiger partial charge on any atom is 0.199 e. The first-order valence-corrected chi connectivity index (χ1v) is 12.9. The van der Waals surface area contributed by atoms with Crippen LogP contribution < -0.4 is 9.47 Å². The molecule has 1 fully saturated rings. The van der Waals surface area contributed by atoms with E-state index in [-0.39, 0.29) is 6.29 Å². The molecule has 0 radical (unpaired) electrons. The molecule has 1 aliphatic rings. The summed E-state index contributed by atoms with van der Waals surface area (Å²) in [6.07, 6.45) is 8.63. The standard InChI is InChI=1S/C13H16O2.C12H16O2.C8H8O/c1-2-11-6-8-12(9-7-11)15-13-5-3-4-10-14-13;1-3-11-5-7-12(8-6-11)14-10-9-13-4-2;1-2-7-3-5-8(9)6-4-7/h2,6-9,13H,1,3-5,10H2;3,5-8H,1,4,9-10H2,2H3;2-6,9H,1H2. The summed E-state index contributed by atoms with van der Waals surface area (Å²) in [5.41, 5.74) is 3.22. The van der Waals surface area contributed by atoms with Crippen LogP contribution in [0.2, 0.25) is 0 Å². The second-order valence-electron chi connectivity index (χ2n) is 8.30. The minimum atomic E-state index is -0.0617. The van der Waals surface area contributed by atoms with Crippen LogP contribution >= 0.6 is 0 Å². The molecule has 38 heavy (non-hydrogen) atoms. The number of rotatable bonds is 10. The first kappa shape index (κ1) is 30.4. The van der Waals surface area contributed by atoms with Crippen molar-refractivity contribution in [1.82, 2.24) is 0 Å². The normalized spacial score (nSPS) is 14.0. The van der Waals surface area contributed by atoms with E-state index in [2.05, 4.69) is 19.7 Å². The number of hydrogen-bond acceptors (Lipinski definition) is 5. The highest BCUT2D eigenvalue weighted by Crippen LogP contribution is 2.19. The predicted octanol–water partition coefficient (Wildman–Crippen LogP) is 8.02. The zero-order valence-corrected chi connectivity index (χ0v) is 22.4. The number of ether oxygens (including phenoxy) is 4. The Morgan fingerprint density at radius 3 is 1.76 bits per heavy atom. The monoisotopic (exact) mass is 516 g/mol. The molecule has 1 unspecified atom stereocenters. The summed E-state index contributed by atoms with van der Waals surface area (Å²) < 4.78 is 21.8. The van der Waals surface area contributed by atoms with Crippen LogP contribution in [0.4, 0.5) is 0 Å². The summed E-state index contributed by atoms with van der Waals surface area (Å²) in [5, 5.41) is 8.82. The maximum atomic E-state index is 8.82. The Morgan fingerprint density at radius 1 is 0.763 bits per heavy atom. The minimum Gasteiger partial charge on any atom is -0.508 e. The molecule has 3 aromatic carbocycles. The van der Waals surface area contributed by atoms with Gasteiger partial charge in [0.2, 0.25) is 0 Å². The first-order valence-electron chi connectivity index (χ1n) is 12.9. The number of aromatic hydroxyl groups is 1. The molecule has 0 saturated carbocycles. The molecule has 0 spiro atoms. The molecule has 4 rings (SSSR count). The topological polar surface area (TPSA) is 57.2 Å². The van der Waals surface area contributed by atoms with Gasteiger partial charge in [-0.1, -0.05) is 74.4 Å². The molecule has 202 valence electrons. The van der Waals surface area contributed by atoms with Gasteiger partial charge in [0.05, 0.1) is 13.2 Å². The number of phenolic OH excluding ortho intramolecular Hbond substituents is 1. The fraction of sp³-hybridized carbons (Fsp3) is 0.273. The van der Waals surface area contributed by atoms with Gasteiger partial charge in [0.1, 0.15) is 23.9 Å². The van der Waals surface area contributed by atoms with Crippen molar-refractivity contribution in [1.29, 1.82) is 0 Å². The molecule has 1 aliphatic heterocycles. The average molecular weight is 517 g/mol. The SMILES string of the molecule is C=Cc1ccc(O)cc1.C=Cc1ccc(OC2CCCCO2)cc1.C=Cc1ccc(OCCOCC)cc1. The Kier molecular flexibility index (Phi) is 14.8. The van der Waals surface area contributed by atoms with Crippen molar-refractivity contribution in [2.24, 2.45) is 0 Å². The van der Waals surface area contributed by atoms with Crippen LogP contribution in [0.1, 0.15) is 42.9 Å². The van der Waals surface area contributed by atoms with Crippen molar-refractivity contribution in [2.75, 3.05) is 26.4 Å². The van der Waals surface area contributed by atoms with E-state index in [4.69, 9.17) is 24.1 Å². The van der Waals surface area contributed by atoms with Crippen LogP contribution in [0.3, 0.4) is 0 Å². The van der Waals surface area contributed by atoms with Crippen LogP contribution in [-0.4, -0.2) is 37.8 Å². The quantitative estimate of drug-likeness (QED) is 0.277. The lowest BCUT2D eigenvalue weighted by atomic mass is 10.2. The van der Waals surface area contributed by atoms with E-state index in [9.17, 15) is 0 Å². The third-order valence-corrected chi connectivity index (χ3v) is 5.47. The van der Waals surface area contributed by atoms with Crippen molar-refractivity contribution in [3.05, 3.63) is 109 Å². The molecule has 1 N–H and O–H groups in total. The highest BCUT2D eigenvalue weighted by Gasteiger charge is 2.14. The molecular formula is C33H40O5. The molecule has 5 heteroatoms. The minimum absolute atomic E-state index is 0.0617. The van der Waals surface area contributed by atoms with Gasteiger partial charge >= 0.3 is 0 Å². The average Bonchev–Trinajstić information content (AvgIpc) is 2.98. The molecule has 3 aromatic rings. The van der Waals surface area contributed by atoms with Gasteiger partial charge in [-0.05, 0) is 72.9 Å². The van der Waals surface area contributed by atoms with Crippen molar-refractivity contribution < 1.29 is 24.1 Å². The number of phenols is 1. The highest BCUT2D eigenvalue weighted by atomic mass is 16.7. The van der Waals surface area contributed by atoms with Crippen LogP contribution in [-0.2, 0) is 9.47 Å². The van der Waals surface area contributed by atoms with E-state index in [1.54, 1.807) is 18.2 Å². The molecule has 1 atom stereocenters. The fourth-order valence-electron chi connectivity index (χ4n) is 3.31. The molecule has 0 aliphatic carbocycles. The smallest absolute Gasteiger partial charge is 0.199 e. The zero-order valence-electron chi connectivity index (χ0n) is 22.4. The molecule has 0 amide bonds. The summed E-state index contributed by atoms with van der Waals surface area (Å²) >= 11 is 0. The summed E-state index contributed by atoms with van der Waals surface area (Å²) in [5.74, 6) is 2.03. The van der Waals surface area contributed by atoms with Crippen LogP contribution in [0, 0.1) is 0 Å². The van der Waals surface area contributed by atoms with Gasteiger partial charge in [0, 0.05) is 13.0 Å². The van der Waals surface area contributed by atoms with E-state index in [0.717, 1.165) is 54.2 Å². The van der Waals surface area contributed by atoms with E-state index < -0.39 is 0 Å². The van der Waals surface area contributed by atoms with Gasteiger partial charge in [0.25, 0.3) is 0 Å². The number of benzene rings is 3.